The number of rotatable bonds is 13. The second-order valence-electron chi connectivity index (χ2n) is 7.41. The van der Waals surface area contributed by atoms with Gasteiger partial charge in [0, 0.05) is 11.3 Å². The van der Waals surface area contributed by atoms with E-state index in [2.05, 4.69) is 10.6 Å². The zero-order chi connectivity index (χ0) is 24.4. The molecule has 0 bridgehead atoms. The molecule has 6 N–H and O–H groups in total. The number of nitrogen functional groups attached to an aromatic ring is 1. The fraction of sp³-hybridized carbons (Fsp3) is 0.364. The number of carboxylic acid groups (broad SMARTS) is 1. The summed E-state index contributed by atoms with van der Waals surface area (Å²) in [4.78, 5) is 46.7. The maximum atomic E-state index is 12.4. The maximum Gasteiger partial charge on any atom is 0.337 e. The molecule has 1 aromatic carbocycles. The Bertz CT molecular complexity index is 989. The van der Waals surface area contributed by atoms with E-state index in [0.29, 0.717) is 17.0 Å². The first-order chi connectivity index (χ1) is 15.8. The number of anilines is 1. The van der Waals surface area contributed by atoms with Crippen LogP contribution < -0.4 is 16.4 Å². The van der Waals surface area contributed by atoms with Crippen molar-refractivity contribution in [2.24, 2.45) is 5.92 Å². The normalized spacial score (nSPS) is 11.5. The molecule has 2 rings (SSSR count). The molecule has 0 aliphatic rings. The lowest BCUT2D eigenvalue weighted by Crippen LogP contribution is -2.42. The van der Waals surface area contributed by atoms with Gasteiger partial charge in [-0.15, -0.1) is 0 Å². The third kappa shape index (κ3) is 7.35. The van der Waals surface area contributed by atoms with Crippen molar-refractivity contribution in [1.29, 1.82) is 0 Å². The highest BCUT2D eigenvalue weighted by atomic mass is 16.5. The number of nitrogens with one attached hydrogen (secondary N) is 2. The van der Waals surface area contributed by atoms with Crippen LogP contribution in [0.4, 0.5) is 5.69 Å². The van der Waals surface area contributed by atoms with Gasteiger partial charge in [0.25, 0.3) is 5.91 Å². The Morgan fingerprint density at radius 3 is 2.61 bits per heavy atom. The molecule has 33 heavy (non-hydrogen) atoms. The molecule has 0 saturated carbocycles. The van der Waals surface area contributed by atoms with Crippen molar-refractivity contribution >= 4 is 29.9 Å². The summed E-state index contributed by atoms with van der Waals surface area (Å²) in [5.41, 5.74) is 6.11. The Morgan fingerprint density at radius 1 is 1.18 bits per heavy atom. The Kier molecular flexibility index (Phi) is 9.43. The minimum atomic E-state index is -1.18. The average Bonchev–Trinajstić information content (AvgIpc) is 3.28. The van der Waals surface area contributed by atoms with Gasteiger partial charge in [0.15, 0.2) is 5.76 Å². The van der Waals surface area contributed by atoms with Crippen LogP contribution in [-0.4, -0.2) is 52.8 Å². The molecule has 0 aliphatic carbocycles. The number of amides is 3. The minimum absolute atomic E-state index is 0.0325. The number of hydrogen-bond acceptors (Lipinski definition) is 7. The molecule has 0 aliphatic heterocycles. The van der Waals surface area contributed by atoms with Crippen molar-refractivity contribution in [3.05, 3.63) is 41.7 Å². The van der Waals surface area contributed by atoms with Crippen LogP contribution in [0.2, 0.25) is 0 Å². The highest BCUT2D eigenvalue weighted by molar-refractivity contribution is 5.95. The molecule has 0 fully saturated rings. The van der Waals surface area contributed by atoms with Crippen LogP contribution in [0.3, 0.4) is 0 Å². The van der Waals surface area contributed by atoms with E-state index in [0.717, 1.165) is 19.3 Å². The van der Waals surface area contributed by atoms with E-state index < -0.39 is 23.7 Å². The molecule has 1 atom stereocenters. The molecular weight excluding hydrogens is 432 g/mol. The largest absolute Gasteiger partial charge is 0.478 e. The molecule has 178 valence electrons. The number of hydroxylamine groups is 2. The smallest absolute Gasteiger partial charge is 0.337 e. The Morgan fingerprint density at radius 2 is 1.94 bits per heavy atom. The van der Waals surface area contributed by atoms with E-state index in [9.17, 15) is 29.5 Å². The van der Waals surface area contributed by atoms with Gasteiger partial charge in [-0.3, -0.25) is 19.6 Å². The van der Waals surface area contributed by atoms with Crippen LogP contribution in [0.15, 0.2) is 34.7 Å². The number of carboxylic acids is 1. The average molecular weight is 460 g/mol. The predicted octanol–water partition coefficient (Wildman–Crippen LogP) is 2.07. The molecule has 0 saturated heterocycles. The van der Waals surface area contributed by atoms with Crippen LogP contribution >= 0.6 is 0 Å². The Hall–Kier alpha value is -3.86. The molecule has 3 amide bonds. The summed E-state index contributed by atoms with van der Waals surface area (Å²) in [5.74, 6) is -2.55. The van der Waals surface area contributed by atoms with Crippen molar-refractivity contribution in [2.45, 2.75) is 32.6 Å². The highest BCUT2D eigenvalue weighted by Crippen LogP contribution is 2.26. The number of nitrogens with two attached hydrogens (primary N) is 1. The minimum Gasteiger partial charge on any atom is -0.478 e. The van der Waals surface area contributed by atoms with Gasteiger partial charge >= 0.3 is 5.97 Å². The summed E-state index contributed by atoms with van der Waals surface area (Å²) >= 11 is 0. The molecule has 0 radical (unpaired) electrons. The van der Waals surface area contributed by atoms with Gasteiger partial charge in [-0.05, 0) is 36.8 Å². The zero-order valence-corrected chi connectivity index (χ0v) is 18.2. The lowest BCUT2D eigenvalue weighted by Gasteiger charge is -2.19. The van der Waals surface area contributed by atoms with E-state index in [-0.39, 0.29) is 42.4 Å². The lowest BCUT2D eigenvalue weighted by molar-refractivity contribution is -0.154. The number of nitrogens with zero attached hydrogens (tertiary/aromatic N) is 1. The van der Waals surface area contributed by atoms with E-state index in [1.165, 1.54) is 24.3 Å². The van der Waals surface area contributed by atoms with Crippen LogP contribution in [0.25, 0.3) is 11.3 Å². The summed E-state index contributed by atoms with van der Waals surface area (Å²) in [6.45, 7) is 1.69. The number of benzene rings is 1. The van der Waals surface area contributed by atoms with Gasteiger partial charge in [0.2, 0.25) is 12.3 Å². The molecule has 1 heterocycles. The number of aromatic carboxylic acids is 1. The van der Waals surface area contributed by atoms with Gasteiger partial charge < -0.3 is 25.9 Å². The summed E-state index contributed by atoms with van der Waals surface area (Å²) in [6, 6.07) is 7.30. The Balaban J connectivity index is 1.94. The first-order valence-corrected chi connectivity index (χ1v) is 10.5. The van der Waals surface area contributed by atoms with Crippen LogP contribution in [0.5, 0.6) is 0 Å². The number of unbranched alkanes of at least 4 members (excludes halogenated alkanes) is 2. The van der Waals surface area contributed by atoms with Gasteiger partial charge in [-0.25, -0.2) is 9.86 Å². The summed E-state index contributed by atoms with van der Waals surface area (Å²) in [7, 11) is 0. The summed E-state index contributed by atoms with van der Waals surface area (Å²) in [6.07, 6.45) is 3.35. The zero-order valence-electron chi connectivity index (χ0n) is 18.2. The Labute approximate surface area is 190 Å². The van der Waals surface area contributed by atoms with Crippen molar-refractivity contribution < 1.29 is 33.9 Å². The summed E-state index contributed by atoms with van der Waals surface area (Å²) in [5, 5.41) is 24.1. The van der Waals surface area contributed by atoms with E-state index in [1.54, 1.807) is 6.07 Å². The van der Waals surface area contributed by atoms with Crippen molar-refractivity contribution in [1.82, 2.24) is 15.7 Å². The van der Waals surface area contributed by atoms with Crippen molar-refractivity contribution in [3.63, 3.8) is 0 Å². The van der Waals surface area contributed by atoms with Crippen LogP contribution in [-0.2, 0) is 9.59 Å². The molecular formula is C22H28N4O7. The molecule has 1 unspecified atom stereocenters. The predicted molar refractivity (Wildman–Crippen MR) is 118 cm³/mol. The number of hydrogen-bond donors (Lipinski definition) is 5. The topological polar surface area (TPSA) is 175 Å². The number of carbonyl (C=O) groups excluding carboxylic acids is 3. The van der Waals surface area contributed by atoms with Crippen LogP contribution in [0.1, 0.15) is 53.5 Å². The van der Waals surface area contributed by atoms with Crippen LogP contribution in [0, 0.1) is 5.92 Å². The lowest BCUT2D eigenvalue weighted by atomic mass is 10.0. The number of carbonyl (C=O) groups is 4. The van der Waals surface area contributed by atoms with Gasteiger partial charge in [0.05, 0.1) is 24.7 Å². The third-order valence-electron chi connectivity index (χ3n) is 4.97. The van der Waals surface area contributed by atoms with Gasteiger partial charge in [-0.2, -0.15) is 0 Å². The second-order valence-corrected chi connectivity index (χ2v) is 7.41. The summed E-state index contributed by atoms with van der Waals surface area (Å²) < 4.78 is 5.51. The van der Waals surface area contributed by atoms with Gasteiger partial charge in [-0.1, -0.05) is 26.2 Å². The molecule has 2 aromatic rings. The standard InChI is InChI=1S/C22H28N4O7/c1-2-3-4-5-15(11-26(32)13-27)20(28)24-12-25-21(29)19-9-8-18(33-19)14-6-7-17(23)16(10-14)22(30)31/h6-10,13,15,32H,2-5,11-12,23H2,1H3,(H,24,28)(H,25,29)(H,30,31). The third-order valence-corrected chi connectivity index (χ3v) is 4.97. The monoisotopic (exact) mass is 460 g/mol. The van der Waals surface area contributed by atoms with Crippen molar-refractivity contribution in [3.8, 4) is 11.3 Å². The van der Waals surface area contributed by atoms with E-state index in [1.807, 2.05) is 6.92 Å². The highest BCUT2D eigenvalue weighted by Gasteiger charge is 2.21. The van der Waals surface area contributed by atoms with E-state index >= 15 is 0 Å². The van der Waals surface area contributed by atoms with Gasteiger partial charge in [0.1, 0.15) is 5.76 Å². The maximum absolute atomic E-state index is 12.4. The first-order valence-electron chi connectivity index (χ1n) is 10.5. The fourth-order valence-electron chi connectivity index (χ4n) is 3.17. The fourth-order valence-corrected chi connectivity index (χ4v) is 3.17. The van der Waals surface area contributed by atoms with E-state index in [4.69, 9.17) is 10.2 Å². The van der Waals surface area contributed by atoms with Crippen molar-refractivity contribution in [2.75, 3.05) is 18.9 Å². The molecule has 11 nitrogen and oxygen atoms in total. The quantitative estimate of drug-likeness (QED) is 0.0753. The number of furan rings is 1. The molecule has 1 aromatic heterocycles. The first kappa shape index (κ1) is 25.4. The molecule has 11 heteroatoms. The second kappa shape index (κ2) is 12.2. The SMILES string of the molecule is CCCCCC(CN(O)C=O)C(=O)NCNC(=O)c1ccc(-c2ccc(N)c(C(=O)O)c2)o1. The molecule has 0 spiro atoms.